The quantitative estimate of drug-likeness (QED) is 0.687. The molecule has 5 nitrogen and oxygen atoms in total. The molecule has 0 aliphatic rings. The molecule has 3 rings (SSSR count). The minimum absolute atomic E-state index is 0.139. The molecule has 0 unspecified atom stereocenters. The standard InChI is InChI=1S/C16H16N4OS/c21-16(13-7-3-4-9-17-13)19-11-5-10-18-15-12-6-1-2-8-14(12)22-20-15/h1-4,6-9H,5,10-11H2,(H,18,20)(H,19,21). The van der Waals surface area contributed by atoms with Gasteiger partial charge in [-0.3, -0.25) is 9.78 Å². The Kier molecular flexibility index (Phi) is 4.60. The Labute approximate surface area is 132 Å². The van der Waals surface area contributed by atoms with E-state index in [1.807, 2.05) is 12.1 Å². The lowest BCUT2D eigenvalue weighted by atomic mass is 10.2. The third kappa shape index (κ3) is 3.40. The summed E-state index contributed by atoms with van der Waals surface area (Å²) in [5, 5.41) is 7.31. The molecule has 0 bridgehead atoms. The second-order valence-corrected chi connectivity index (χ2v) is 5.58. The minimum atomic E-state index is -0.139. The van der Waals surface area contributed by atoms with E-state index in [4.69, 9.17) is 0 Å². The van der Waals surface area contributed by atoms with Crippen molar-refractivity contribution in [2.24, 2.45) is 0 Å². The number of benzene rings is 1. The monoisotopic (exact) mass is 312 g/mol. The van der Waals surface area contributed by atoms with Gasteiger partial charge in [0.05, 0.1) is 4.70 Å². The molecule has 0 fully saturated rings. The van der Waals surface area contributed by atoms with Crippen LogP contribution >= 0.6 is 11.5 Å². The van der Waals surface area contributed by atoms with Gasteiger partial charge in [0.25, 0.3) is 5.91 Å². The maximum Gasteiger partial charge on any atom is 0.269 e. The zero-order chi connectivity index (χ0) is 15.2. The molecule has 1 amide bonds. The van der Waals surface area contributed by atoms with Crippen LogP contribution in [0.4, 0.5) is 5.82 Å². The molecule has 0 aliphatic heterocycles. The number of nitrogens with one attached hydrogen (secondary N) is 2. The molecular formula is C16H16N4OS. The van der Waals surface area contributed by atoms with Crippen molar-refractivity contribution < 1.29 is 4.79 Å². The predicted octanol–water partition coefficient (Wildman–Crippen LogP) is 2.92. The van der Waals surface area contributed by atoms with E-state index in [0.29, 0.717) is 12.2 Å². The zero-order valence-electron chi connectivity index (χ0n) is 12.0. The topological polar surface area (TPSA) is 66.9 Å². The molecule has 0 aliphatic carbocycles. The van der Waals surface area contributed by atoms with Crippen molar-refractivity contribution in [3.8, 4) is 0 Å². The van der Waals surface area contributed by atoms with E-state index < -0.39 is 0 Å². The number of aromatic nitrogens is 2. The average Bonchev–Trinajstić information content (AvgIpc) is 2.98. The summed E-state index contributed by atoms with van der Waals surface area (Å²) in [7, 11) is 0. The van der Waals surface area contributed by atoms with Gasteiger partial charge in [0.15, 0.2) is 0 Å². The van der Waals surface area contributed by atoms with Crippen LogP contribution < -0.4 is 10.6 Å². The fraction of sp³-hybridized carbons (Fsp3) is 0.188. The van der Waals surface area contributed by atoms with Crippen molar-refractivity contribution >= 4 is 33.3 Å². The summed E-state index contributed by atoms with van der Waals surface area (Å²) in [6, 6.07) is 13.4. The molecule has 0 saturated heterocycles. The molecule has 0 saturated carbocycles. The van der Waals surface area contributed by atoms with Crippen LogP contribution in [0.1, 0.15) is 16.9 Å². The number of nitrogens with zero attached hydrogens (tertiary/aromatic N) is 2. The number of carbonyl (C=O) groups excluding carboxylic acids is 1. The highest BCUT2D eigenvalue weighted by molar-refractivity contribution is 7.13. The van der Waals surface area contributed by atoms with E-state index >= 15 is 0 Å². The molecule has 22 heavy (non-hydrogen) atoms. The number of rotatable bonds is 6. The number of amides is 1. The summed E-state index contributed by atoms with van der Waals surface area (Å²) < 4.78 is 5.58. The highest BCUT2D eigenvalue weighted by Gasteiger charge is 2.06. The normalized spacial score (nSPS) is 10.5. The number of anilines is 1. The van der Waals surface area contributed by atoms with Crippen molar-refractivity contribution in [3.05, 3.63) is 54.4 Å². The molecule has 2 heterocycles. The average molecular weight is 312 g/mol. The Morgan fingerprint density at radius 3 is 2.82 bits per heavy atom. The van der Waals surface area contributed by atoms with Gasteiger partial charge in [0.1, 0.15) is 11.5 Å². The van der Waals surface area contributed by atoms with Crippen LogP contribution in [0.15, 0.2) is 48.7 Å². The molecule has 0 radical (unpaired) electrons. The van der Waals surface area contributed by atoms with Crippen LogP contribution in [-0.2, 0) is 0 Å². The summed E-state index contributed by atoms with van der Waals surface area (Å²) in [5.74, 6) is 0.774. The molecular weight excluding hydrogens is 296 g/mol. The third-order valence-corrected chi connectivity index (χ3v) is 4.03. The Morgan fingerprint density at radius 2 is 1.95 bits per heavy atom. The first kappa shape index (κ1) is 14.5. The summed E-state index contributed by atoms with van der Waals surface area (Å²) >= 11 is 1.49. The maximum absolute atomic E-state index is 11.8. The smallest absolute Gasteiger partial charge is 0.269 e. The Balaban J connectivity index is 1.43. The van der Waals surface area contributed by atoms with E-state index in [2.05, 4.69) is 32.1 Å². The van der Waals surface area contributed by atoms with Crippen LogP contribution in [0, 0.1) is 0 Å². The first-order chi connectivity index (χ1) is 10.8. The molecule has 6 heteroatoms. The maximum atomic E-state index is 11.8. The van der Waals surface area contributed by atoms with Crippen LogP contribution in [0.25, 0.3) is 10.1 Å². The molecule has 0 atom stereocenters. The molecule has 2 N–H and O–H groups in total. The molecule has 1 aromatic carbocycles. The van der Waals surface area contributed by atoms with Crippen LogP contribution in [-0.4, -0.2) is 28.4 Å². The first-order valence-electron chi connectivity index (χ1n) is 7.12. The second kappa shape index (κ2) is 7.00. The lowest BCUT2D eigenvalue weighted by Crippen LogP contribution is -2.26. The van der Waals surface area contributed by atoms with Crippen molar-refractivity contribution in [2.45, 2.75) is 6.42 Å². The number of hydrogen-bond acceptors (Lipinski definition) is 5. The predicted molar refractivity (Wildman–Crippen MR) is 89.3 cm³/mol. The fourth-order valence-electron chi connectivity index (χ4n) is 2.10. The summed E-state index contributed by atoms with van der Waals surface area (Å²) in [6.07, 6.45) is 2.44. The highest BCUT2D eigenvalue weighted by atomic mass is 32.1. The zero-order valence-corrected chi connectivity index (χ0v) is 12.8. The van der Waals surface area contributed by atoms with Gasteiger partial charge < -0.3 is 10.6 Å². The van der Waals surface area contributed by atoms with Gasteiger partial charge in [0.2, 0.25) is 0 Å². The van der Waals surface area contributed by atoms with Crippen LogP contribution in [0.3, 0.4) is 0 Å². The number of fused-ring (bicyclic) bond motifs is 1. The van der Waals surface area contributed by atoms with E-state index in [1.165, 1.54) is 16.2 Å². The third-order valence-electron chi connectivity index (χ3n) is 3.21. The lowest BCUT2D eigenvalue weighted by molar-refractivity contribution is 0.0948. The van der Waals surface area contributed by atoms with E-state index in [0.717, 1.165) is 24.2 Å². The van der Waals surface area contributed by atoms with Crippen LogP contribution in [0.5, 0.6) is 0 Å². The van der Waals surface area contributed by atoms with Crippen molar-refractivity contribution in [1.29, 1.82) is 0 Å². The van der Waals surface area contributed by atoms with Crippen molar-refractivity contribution in [3.63, 3.8) is 0 Å². The van der Waals surface area contributed by atoms with Crippen LogP contribution in [0.2, 0.25) is 0 Å². The summed E-state index contributed by atoms with van der Waals surface area (Å²) in [4.78, 5) is 15.8. The van der Waals surface area contributed by atoms with Gasteiger partial charge in [-0.25, -0.2) is 0 Å². The van der Waals surface area contributed by atoms with Gasteiger partial charge in [-0.1, -0.05) is 18.2 Å². The van der Waals surface area contributed by atoms with Gasteiger partial charge in [-0.2, -0.15) is 4.37 Å². The van der Waals surface area contributed by atoms with E-state index in [-0.39, 0.29) is 5.91 Å². The fourth-order valence-corrected chi connectivity index (χ4v) is 2.85. The SMILES string of the molecule is O=C(NCCCNc1nsc2ccccc12)c1ccccn1. The van der Waals surface area contributed by atoms with Crippen molar-refractivity contribution in [2.75, 3.05) is 18.4 Å². The van der Waals surface area contributed by atoms with E-state index in [1.54, 1.807) is 24.4 Å². The van der Waals surface area contributed by atoms with Gasteiger partial charge in [0, 0.05) is 24.7 Å². The van der Waals surface area contributed by atoms with E-state index in [9.17, 15) is 4.79 Å². The Morgan fingerprint density at radius 1 is 1.09 bits per heavy atom. The lowest BCUT2D eigenvalue weighted by Gasteiger charge is -2.06. The minimum Gasteiger partial charge on any atom is -0.369 e. The highest BCUT2D eigenvalue weighted by Crippen LogP contribution is 2.25. The van der Waals surface area contributed by atoms with Gasteiger partial charge in [-0.05, 0) is 42.2 Å². The Bertz CT molecular complexity index is 757. The number of hydrogen-bond donors (Lipinski definition) is 2. The largest absolute Gasteiger partial charge is 0.369 e. The first-order valence-corrected chi connectivity index (χ1v) is 7.89. The molecule has 112 valence electrons. The van der Waals surface area contributed by atoms with Gasteiger partial charge >= 0.3 is 0 Å². The molecule has 0 spiro atoms. The Hall–Kier alpha value is -2.47. The number of pyridine rings is 1. The number of carbonyl (C=O) groups is 1. The summed E-state index contributed by atoms with van der Waals surface area (Å²) in [6.45, 7) is 1.36. The van der Waals surface area contributed by atoms with Gasteiger partial charge in [-0.15, -0.1) is 0 Å². The second-order valence-electron chi connectivity index (χ2n) is 4.78. The molecule has 2 aromatic heterocycles. The molecule has 3 aromatic rings. The van der Waals surface area contributed by atoms with Crippen molar-refractivity contribution in [1.82, 2.24) is 14.7 Å². The summed E-state index contributed by atoms with van der Waals surface area (Å²) in [5.41, 5.74) is 0.445.